The summed E-state index contributed by atoms with van der Waals surface area (Å²) in [4.78, 5) is 0. The third kappa shape index (κ3) is 2.65. The lowest BCUT2D eigenvalue weighted by atomic mass is 9.71. The number of alkyl halides is 6. The van der Waals surface area contributed by atoms with E-state index in [1.165, 1.54) is 35.7 Å². The topological polar surface area (TPSA) is 0 Å². The second-order valence-electron chi connectivity index (χ2n) is 11.1. The minimum absolute atomic E-state index is 0.0456. The highest BCUT2D eigenvalue weighted by Gasteiger charge is 2.84. The number of halogens is 6. The van der Waals surface area contributed by atoms with Gasteiger partial charge >= 0.3 is 17.8 Å². The van der Waals surface area contributed by atoms with Crippen LogP contribution in [0.25, 0.3) is 0 Å². The van der Waals surface area contributed by atoms with Crippen LogP contribution in [0.2, 0.25) is 39.3 Å². The van der Waals surface area contributed by atoms with Gasteiger partial charge in [0.15, 0.2) is 0 Å². The normalized spacial score (nSPS) is 35.7. The van der Waals surface area contributed by atoms with Crippen molar-refractivity contribution in [3.8, 4) is 0 Å². The van der Waals surface area contributed by atoms with Crippen molar-refractivity contribution in [1.29, 1.82) is 0 Å². The van der Waals surface area contributed by atoms with Crippen LogP contribution in [-0.4, -0.2) is 43.4 Å². The quantitative estimate of drug-likeness (QED) is 0.271. The molecule has 4 aliphatic rings. The molecule has 0 N–H and O–H groups in total. The average molecular weight is 513 g/mol. The first kappa shape index (κ1) is 23.8. The molecule has 0 aromatic rings. The highest BCUT2D eigenvalue weighted by Crippen LogP contribution is 2.74. The van der Waals surface area contributed by atoms with Gasteiger partial charge in [-0.2, -0.15) is 26.3 Å². The molecule has 2 aliphatic carbocycles. The summed E-state index contributed by atoms with van der Waals surface area (Å²) in [6.07, 6.45) is 3.07. The van der Waals surface area contributed by atoms with Crippen molar-refractivity contribution in [3.63, 3.8) is 0 Å². The van der Waals surface area contributed by atoms with Gasteiger partial charge in [-0.1, -0.05) is 51.4 Å². The van der Waals surface area contributed by atoms with Crippen LogP contribution in [0, 0.1) is 0 Å². The lowest BCUT2D eigenvalue weighted by Crippen LogP contribution is -2.49. The molecule has 0 unspecified atom stereocenters. The van der Waals surface area contributed by atoms with Crippen LogP contribution >= 0.6 is 23.5 Å². The van der Waals surface area contributed by atoms with E-state index in [1.54, 1.807) is 13.8 Å². The van der Waals surface area contributed by atoms with E-state index < -0.39 is 54.6 Å². The molecule has 0 saturated heterocycles. The lowest BCUT2D eigenvalue weighted by molar-refractivity contribution is -0.258. The number of thioether (sulfide) groups is 2. The highest BCUT2D eigenvalue weighted by atomic mass is 32.2. The molecule has 10 heteroatoms. The first-order valence-electron chi connectivity index (χ1n) is 10.1. The van der Waals surface area contributed by atoms with Gasteiger partial charge < -0.3 is 0 Å². The summed E-state index contributed by atoms with van der Waals surface area (Å²) in [6.45, 7) is 15.8. The molecule has 0 aromatic heterocycles. The summed E-state index contributed by atoms with van der Waals surface area (Å²) in [6, 6.07) is 0. The zero-order valence-corrected chi connectivity index (χ0v) is 22.4. The monoisotopic (exact) mass is 512 g/mol. The van der Waals surface area contributed by atoms with Gasteiger partial charge in [0.05, 0.1) is 25.6 Å². The summed E-state index contributed by atoms with van der Waals surface area (Å²) < 4.78 is 89.4. The van der Waals surface area contributed by atoms with Crippen molar-refractivity contribution in [2.75, 3.05) is 0 Å². The van der Waals surface area contributed by atoms with Crippen molar-refractivity contribution in [2.45, 2.75) is 80.4 Å². The molecule has 31 heavy (non-hydrogen) atoms. The zero-order chi connectivity index (χ0) is 23.8. The van der Waals surface area contributed by atoms with E-state index >= 15 is 17.6 Å². The smallest absolute Gasteiger partial charge is 0.194 e. The first-order valence-corrected chi connectivity index (χ1v) is 18.7. The molecule has 2 aliphatic heterocycles. The minimum atomic E-state index is -5.47. The standard InChI is InChI=1S/C21H26F6S2Si2/c1-17-11(9-13(28-17)30(3,4)5)15-16(20(24,25)21(26,27)19(15,22)23)12-10-14(31(6,7)8)29-18(12,17)2/h9-10H,1-8H3/t17-,18-/m1/s1. The Balaban J connectivity index is 2.16. The summed E-state index contributed by atoms with van der Waals surface area (Å²) in [5, 5.41) is 0. The largest absolute Gasteiger partial charge is 0.380 e. The molecule has 4 rings (SSSR count). The van der Waals surface area contributed by atoms with E-state index in [1.807, 2.05) is 39.3 Å². The summed E-state index contributed by atoms with van der Waals surface area (Å²) in [7, 11) is -4.04. The van der Waals surface area contributed by atoms with E-state index in [0.29, 0.717) is 0 Å². The van der Waals surface area contributed by atoms with E-state index in [2.05, 4.69) is 0 Å². The van der Waals surface area contributed by atoms with E-state index in [-0.39, 0.29) is 11.1 Å². The first-order chi connectivity index (χ1) is 13.6. The van der Waals surface area contributed by atoms with Gasteiger partial charge in [0, 0.05) is 11.1 Å². The molecule has 1 fully saturated rings. The van der Waals surface area contributed by atoms with E-state index in [0.717, 1.165) is 9.06 Å². The van der Waals surface area contributed by atoms with E-state index in [4.69, 9.17) is 0 Å². The fourth-order valence-corrected chi connectivity index (χ4v) is 12.1. The van der Waals surface area contributed by atoms with Gasteiger partial charge in [-0.25, -0.2) is 0 Å². The molecule has 0 spiro atoms. The summed E-state index contributed by atoms with van der Waals surface area (Å²) >= 11 is 2.82. The number of rotatable bonds is 2. The third-order valence-corrected chi connectivity index (χ3v) is 17.2. The fraction of sp³-hybridized carbons (Fsp3) is 0.619. The highest BCUT2D eigenvalue weighted by molar-refractivity contribution is 8.11. The maximum absolute atomic E-state index is 15.1. The predicted octanol–water partition coefficient (Wildman–Crippen LogP) is 8.05. The molecular weight excluding hydrogens is 487 g/mol. The van der Waals surface area contributed by atoms with Gasteiger partial charge in [0.25, 0.3) is 0 Å². The number of fused-ring (bicyclic) bond motifs is 4. The van der Waals surface area contributed by atoms with Crippen molar-refractivity contribution in [3.05, 3.63) is 43.5 Å². The van der Waals surface area contributed by atoms with Gasteiger partial charge in [-0.3, -0.25) is 0 Å². The molecule has 2 heterocycles. The molecule has 0 amide bonds. The molecular formula is C21H26F6S2Si2. The Morgan fingerprint density at radius 1 is 0.613 bits per heavy atom. The summed E-state index contributed by atoms with van der Waals surface area (Å²) in [5.41, 5.74) is -2.38. The number of allylic oxidation sites excluding steroid dienone is 4. The molecule has 1 saturated carbocycles. The van der Waals surface area contributed by atoms with Crippen LogP contribution in [0.4, 0.5) is 26.3 Å². The van der Waals surface area contributed by atoms with Gasteiger partial charge in [0.1, 0.15) is 0 Å². The summed E-state index contributed by atoms with van der Waals surface area (Å²) in [5.74, 6) is -15.4. The fourth-order valence-electron chi connectivity index (χ4n) is 4.65. The Bertz CT molecular complexity index is 945. The van der Waals surface area contributed by atoms with Crippen LogP contribution in [-0.2, 0) is 0 Å². The Labute approximate surface area is 189 Å². The van der Waals surface area contributed by atoms with Crippen LogP contribution in [0.5, 0.6) is 0 Å². The average Bonchev–Trinajstić information content (AvgIpc) is 3.13. The Hall–Kier alpha value is -0.326. The maximum Gasteiger partial charge on any atom is 0.380 e. The molecule has 0 nitrogen and oxygen atoms in total. The predicted molar refractivity (Wildman–Crippen MR) is 124 cm³/mol. The number of hydrogen-bond donors (Lipinski definition) is 0. The molecule has 0 aromatic carbocycles. The Kier molecular flexibility index (Phi) is 4.62. The maximum atomic E-state index is 15.1. The van der Waals surface area contributed by atoms with Crippen molar-refractivity contribution in [1.82, 2.24) is 0 Å². The van der Waals surface area contributed by atoms with Crippen molar-refractivity contribution >= 4 is 39.7 Å². The Morgan fingerprint density at radius 3 is 1.16 bits per heavy atom. The van der Waals surface area contributed by atoms with Gasteiger partial charge in [-0.15, -0.1) is 23.5 Å². The van der Waals surface area contributed by atoms with Crippen LogP contribution in [0.15, 0.2) is 43.5 Å². The molecule has 172 valence electrons. The van der Waals surface area contributed by atoms with Gasteiger partial charge in [0.2, 0.25) is 0 Å². The Morgan fingerprint density at radius 2 is 0.903 bits per heavy atom. The van der Waals surface area contributed by atoms with Crippen LogP contribution in [0.3, 0.4) is 0 Å². The minimum Gasteiger partial charge on any atom is -0.194 e. The van der Waals surface area contributed by atoms with E-state index in [9.17, 15) is 8.78 Å². The van der Waals surface area contributed by atoms with Crippen molar-refractivity contribution < 1.29 is 26.3 Å². The zero-order valence-electron chi connectivity index (χ0n) is 18.7. The van der Waals surface area contributed by atoms with Crippen molar-refractivity contribution in [2.24, 2.45) is 0 Å². The molecule has 2 atom stereocenters. The third-order valence-electron chi connectivity index (χ3n) is 6.80. The van der Waals surface area contributed by atoms with Crippen LogP contribution < -0.4 is 0 Å². The molecule has 0 radical (unpaired) electrons. The SMILES string of the molecule is C[C@@]12SC([Si](C)(C)C)=CC1=C1C(=C3C=C([Si](C)(C)C)S[C@]32C)C(F)(F)C(F)(F)C1(F)F. The lowest BCUT2D eigenvalue weighted by Gasteiger charge is -2.48. The van der Waals surface area contributed by atoms with Gasteiger partial charge in [-0.05, 0) is 34.1 Å². The van der Waals surface area contributed by atoms with Crippen LogP contribution in [0.1, 0.15) is 13.8 Å². The second kappa shape index (κ2) is 6.02. The number of hydrogen-bond acceptors (Lipinski definition) is 2. The molecule has 0 bridgehead atoms. The second-order valence-corrected chi connectivity index (χ2v) is 24.8.